The molecule has 1 fully saturated rings. The van der Waals surface area contributed by atoms with E-state index in [2.05, 4.69) is 26.0 Å². The van der Waals surface area contributed by atoms with Gasteiger partial charge >= 0.3 is 5.97 Å². The summed E-state index contributed by atoms with van der Waals surface area (Å²) in [6.45, 7) is 7.45. The predicted octanol–water partition coefficient (Wildman–Crippen LogP) is 5.35. The second-order valence-electron chi connectivity index (χ2n) is 8.90. The Labute approximate surface area is 209 Å². The number of aryl methyl sites for hydroxylation is 2. The molecule has 1 atom stereocenters. The number of hydrogen-bond acceptors (Lipinski definition) is 4. The number of aromatic nitrogens is 2. The summed E-state index contributed by atoms with van der Waals surface area (Å²) in [5.74, 6) is 0.268. The lowest BCUT2D eigenvalue weighted by molar-refractivity contribution is -0.151. The molecule has 1 aliphatic heterocycles. The van der Waals surface area contributed by atoms with Crippen LogP contribution in [-0.2, 0) is 27.3 Å². The van der Waals surface area contributed by atoms with Crippen molar-refractivity contribution in [1.82, 2.24) is 14.5 Å². The number of rotatable bonds is 6. The molecule has 0 bridgehead atoms. The number of likely N-dealkylation sites (tertiary alicyclic amines) is 1. The fourth-order valence-corrected chi connectivity index (χ4v) is 4.79. The van der Waals surface area contributed by atoms with Crippen LogP contribution < -0.4 is 0 Å². The molecule has 0 radical (unpaired) electrons. The molecule has 2 aromatic carbocycles. The minimum Gasteiger partial charge on any atom is -0.466 e. The van der Waals surface area contributed by atoms with Crippen molar-refractivity contribution in [2.75, 3.05) is 19.7 Å². The van der Waals surface area contributed by atoms with Gasteiger partial charge in [-0.2, -0.15) is 0 Å². The Morgan fingerprint density at radius 2 is 1.88 bits per heavy atom. The van der Waals surface area contributed by atoms with E-state index in [1.54, 1.807) is 17.9 Å². The van der Waals surface area contributed by atoms with Crippen molar-refractivity contribution in [2.24, 2.45) is 5.92 Å². The van der Waals surface area contributed by atoms with E-state index in [4.69, 9.17) is 32.9 Å². The maximum absolute atomic E-state index is 13.4. The SMILES string of the molecule is CCOC(=O)C1CCCN(C(=O)Cn2c(Cc3ccc(Cl)c(Cl)c3)nc3cc(C)c(C)cc32)C1. The predicted molar refractivity (Wildman–Crippen MR) is 134 cm³/mol. The molecule has 4 rings (SSSR count). The van der Waals surface area contributed by atoms with Crippen LogP contribution in [0.25, 0.3) is 11.0 Å². The number of carbonyl (C=O) groups is 2. The topological polar surface area (TPSA) is 64.4 Å². The van der Waals surface area contributed by atoms with E-state index in [0.29, 0.717) is 36.2 Å². The summed E-state index contributed by atoms with van der Waals surface area (Å²) >= 11 is 12.3. The first-order valence-electron chi connectivity index (χ1n) is 11.6. The second-order valence-corrected chi connectivity index (χ2v) is 9.71. The minimum absolute atomic E-state index is 0.0260. The maximum Gasteiger partial charge on any atom is 0.310 e. The Hall–Kier alpha value is -2.57. The first-order valence-corrected chi connectivity index (χ1v) is 12.4. The normalized spacial score (nSPS) is 16.1. The van der Waals surface area contributed by atoms with Gasteiger partial charge in [0.15, 0.2) is 0 Å². The fourth-order valence-electron chi connectivity index (χ4n) is 4.46. The molecule has 0 aliphatic carbocycles. The summed E-state index contributed by atoms with van der Waals surface area (Å²) < 4.78 is 7.18. The molecule has 8 heteroatoms. The average Bonchev–Trinajstić information content (AvgIpc) is 3.12. The number of nitrogens with zero attached hydrogens (tertiary/aromatic N) is 3. The highest BCUT2D eigenvalue weighted by molar-refractivity contribution is 6.42. The average molecular weight is 502 g/mol. The lowest BCUT2D eigenvalue weighted by Crippen LogP contribution is -2.44. The number of imidazole rings is 1. The highest BCUT2D eigenvalue weighted by atomic mass is 35.5. The van der Waals surface area contributed by atoms with E-state index in [1.807, 2.05) is 16.7 Å². The van der Waals surface area contributed by atoms with Gasteiger partial charge in [0, 0.05) is 19.5 Å². The number of piperidine rings is 1. The van der Waals surface area contributed by atoms with Gasteiger partial charge in [-0.1, -0.05) is 29.3 Å². The van der Waals surface area contributed by atoms with Crippen LogP contribution >= 0.6 is 23.2 Å². The zero-order valence-corrected chi connectivity index (χ0v) is 21.2. The van der Waals surface area contributed by atoms with Gasteiger partial charge in [-0.05, 0) is 74.6 Å². The van der Waals surface area contributed by atoms with Crippen molar-refractivity contribution in [1.29, 1.82) is 0 Å². The van der Waals surface area contributed by atoms with Gasteiger partial charge in [0.25, 0.3) is 0 Å². The molecular weight excluding hydrogens is 473 g/mol. The molecule has 34 heavy (non-hydrogen) atoms. The second kappa shape index (κ2) is 10.4. The zero-order chi connectivity index (χ0) is 24.4. The quantitative estimate of drug-likeness (QED) is 0.426. The Balaban J connectivity index is 1.64. The third-order valence-electron chi connectivity index (χ3n) is 6.48. The van der Waals surface area contributed by atoms with Crippen LogP contribution in [0.15, 0.2) is 30.3 Å². The Kier molecular flexibility index (Phi) is 7.48. The fraction of sp³-hybridized carbons (Fsp3) is 0.423. The van der Waals surface area contributed by atoms with Gasteiger partial charge in [0.2, 0.25) is 5.91 Å². The van der Waals surface area contributed by atoms with Crippen LogP contribution in [0, 0.1) is 19.8 Å². The molecule has 0 spiro atoms. The number of benzene rings is 2. The summed E-state index contributed by atoms with van der Waals surface area (Å²) in [7, 11) is 0. The van der Waals surface area contributed by atoms with E-state index in [1.165, 1.54) is 0 Å². The van der Waals surface area contributed by atoms with Gasteiger partial charge in [-0.25, -0.2) is 4.98 Å². The number of hydrogen-bond donors (Lipinski definition) is 0. The molecule has 3 aromatic rings. The number of halogens is 2. The molecule has 0 saturated carbocycles. The van der Waals surface area contributed by atoms with Crippen molar-refractivity contribution in [3.63, 3.8) is 0 Å². The van der Waals surface area contributed by atoms with E-state index in [9.17, 15) is 9.59 Å². The summed E-state index contributed by atoms with van der Waals surface area (Å²) in [5, 5.41) is 0.990. The third kappa shape index (κ3) is 5.23. The van der Waals surface area contributed by atoms with Crippen LogP contribution in [0.4, 0.5) is 0 Å². The summed E-state index contributed by atoms with van der Waals surface area (Å²) in [4.78, 5) is 32.3. The summed E-state index contributed by atoms with van der Waals surface area (Å²) in [6, 6.07) is 9.67. The van der Waals surface area contributed by atoms with Crippen LogP contribution in [0.2, 0.25) is 10.0 Å². The zero-order valence-electron chi connectivity index (χ0n) is 19.7. The van der Waals surface area contributed by atoms with Gasteiger partial charge in [0.1, 0.15) is 12.4 Å². The van der Waals surface area contributed by atoms with Crippen molar-refractivity contribution in [3.8, 4) is 0 Å². The number of esters is 1. The molecule has 0 N–H and O–H groups in total. The summed E-state index contributed by atoms with van der Waals surface area (Å²) in [6.07, 6.45) is 2.05. The smallest absolute Gasteiger partial charge is 0.310 e. The molecule has 1 unspecified atom stereocenters. The lowest BCUT2D eigenvalue weighted by atomic mass is 9.98. The molecule has 6 nitrogen and oxygen atoms in total. The van der Waals surface area contributed by atoms with Crippen LogP contribution in [0.3, 0.4) is 0 Å². The van der Waals surface area contributed by atoms with E-state index < -0.39 is 0 Å². The third-order valence-corrected chi connectivity index (χ3v) is 7.22. The van der Waals surface area contributed by atoms with Crippen LogP contribution in [-0.4, -0.2) is 46.0 Å². The van der Waals surface area contributed by atoms with Crippen LogP contribution in [0.1, 0.15) is 42.3 Å². The molecule has 1 aliphatic rings. The number of carbonyl (C=O) groups excluding carboxylic acids is 2. The molecule has 1 aromatic heterocycles. The molecule has 180 valence electrons. The van der Waals surface area contributed by atoms with Crippen molar-refractivity contribution in [3.05, 3.63) is 62.9 Å². The Morgan fingerprint density at radius 1 is 1.12 bits per heavy atom. The maximum atomic E-state index is 13.4. The summed E-state index contributed by atoms with van der Waals surface area (Å²) in [5.41, 5.74) is 5.03. The molecule has 2 heterocycles. The standard InChI is InChI=1S/C26H29Cl2N3O3/c1-4-34-26(33)19-6-5-9-30(14-19)25(32)15-31-23-11-17(3)16(2)10-22(23)29-24(31)13-18-7-8-20(27)21(28)12-18/h7-8,10-12,19H,4-6,9,13-15H2,1-3H3. The highest BCUT2D eigenvalue weighted by Crippen LogP contribution is 2.27. The minimum atomic E-state index is -0.266. The number of amides is 1. The van der Waals surface area contributed by atoms with Crippen molar-refractivity contribution < 1.29 is 14.3 Å². The first kappa shape index (κ1) is 24.6. The Morgan fingerprint density at radius 3 is 2.62 bits per heavy atom. The number of ether oxygens (including phenoxy) is 1. The molecular formula is C26H29Cl2N3O3. The first-order chi connectivity index (χ1) is 16.3. The van der Waals surface area contributed by atoms with Gasteiger partial charge in [-0.3, -0.25) is 9.59 Å². The van der Waals surface area contributed by atoms with E-state index in [-0.39, 0.29) is 24.3 Å². The molecule has 1 saturated heterocycles. The number of fused-ring (bicyclic) bond motifs is 1. The van der Waals surface area contributed by atoms with Crippen molar-refractivity contribution in [2.45, 2.75) is 46.6 Å². The monoisotopic (exact) mass is 501 g/mol. The Bertz CT molecular complexity index is 1240. The molecule has 1 amide bonds. The van der Waals surface area contributed by atoms with Gasteiger partial charge < -0.3 is 14.2 Å². The van der Waals surface area contributed by atoms with E-state index in [0.717, 1.165) is 46.4 Å². The lowest BCUT2D eigenvalue weighted by Gasteiger charge is -2.31. The van der Waals surface area contributed by atoms with Gasteiger partial charge in [0.05, 0.1) is 33.6 Å². The van der Waals surface area contributed by atoms with Crippen LogP contribution in [0.5, 0.6) is 0 Å². The highest BCUT2D eigenvalue weighted by Gasteiger charge is 2.30. The van der Waals surface area contributed by atoms with E-state index >= 15 is 0 Å². The largest absolute Gasteiger partial charge is 0.466 e. The van der Waals surface area contributed by atoms with Gasteiger partial charge in [-0.15, -0.1) is 0 Å². The van der Waals surface area contributed by atoms with Crippen molar-refractivity contribution >= 4 is 46.1 Å².